The lowest BCUT2D eigenvalue weighted by Crippen LogP contribution is -2.41. The lowest BCUT2D eigenvalue weighted by atomic mass is 10.1. The van der Waals surface area contributed by atoms with E-state index in [1.54, 1.807) is 22.9 Å². The van der Waals surface area contributed by atoms with E-state index >= 15 is 0 Å². The van der Waals surface area contributed by atoms with Crippen LogP contribution < -0.4 is 11.5 Å². The largest absolute Gasteiger partial charge is 0.407 e. The van der Waals surface area contributed by atoms with Crippen molar-refractivity contribution in [3.63, 3.8) is 0 Å². The first-order valence-corrected chi connectivity index (χ1v) is 26.4. The molecule has 2 aromatic carbocycles. The molecule has 2 aliphatic carbocycles. The summed E-state index contributed by atoms with van der Waals surface area (Å²) in [4.78, 5) is 34.7. The lowest BCUT2D eigenvalue weighted by Gasteiger charge is -2.38. The molecule has 4 aliphatic rings. The number of carbonyl (C=O) groups is 2. The molecule has 0 bridgehead atoms. The van der Waals surface area contributed by atoms with E-state index in [9.17, 15) is 14.7 Å². The zero-order valence-electron chi connectivity index (χ0n) is 40.2. The van der Waals surface area contributed by atoms with Crippen molar-refractivity contribution in [1.29, 1.82) is 0 Å². The molecule has 6 heterocycles. The van der Waals surface area contributed by atoms with Crippen molar-refractivity contribution in [2.75, 3.05) is 26.2 Å². The highest BCUT2D eigenvalue weighted by Gasteiger charge is 2.56. The van der Waals surface area contributed by atoms with Gasteiger partial charge in [0.15, 0.2) is 19.8 Å². The summed E-state index contributed by atoms with van der Waals surface area (Å²) in [5, 5.41) is 18.4. The molecule has 17 heteroatoms. The maximum atomic E-state index is 11.3. The normalized spacial score (nSPS) is 22.0. The Labute approximate surface area is 403 Å². The fourth-order valence-electron chi connectivity index (χ4n) is 9.31. The number of imidazole rings is 2. The topological polar surface area (TPSA) is 210 Å². The Morgan fingerprint density at radius 2 is 1.13 bits per heavy atom. The predicted octanol–water partition coefficient (Wildman–Crippen LogP) is 7.52. The van der Waals surface area contributed by atoms with Crippen LogP contribution in [0.15, 0.2) is 94.5 Å². The number of hydrogen-bond acceptors (Lipinski definition) is 10. The van der Waals surface area contributed by atoms with Gasteiger partial charge in [0.2, 0.25) is 0 Å². The predicted molar refractivity (Wildman–Crippen MR) is 261 cm³/mol. The molecular formula is C52H60N10O6Si. The average molecular weight is 949 g/mol. The monoisotopic (exact) mass is 948 g/mol. The van der Waals surface area contributed by atoms with Crippen molar-refractivity contribution in [2.45, 2.75) is 78.0 Å². The Balaban J connectivity index is 0.000000175. The van der Waals surface area contributed by atoms with Gasteiger partial charge in [0.1, 0.15) is 35.2 Å². The summed E-state index contributed by atoms with van der Waals surface area (Å²) < 4.78 is 21.7. The molecule has 2 saturated carbocycles. The minimum Gasteiger partial charge on any atom is -0.407 e. The number of aromatic nitrogens is 6. The van der Waals surface area contributed by atoms with Gasteiger partial charge in [-0.1, -0.05) is 54.8 Å². The Morgan fingerprint density at radius 1 is 0.725 bits per heavy atom. The highest BCUT2D eigenvalue weighted by molar-refractivity contribution is 6.74. The number of aliphatic hydroxyl groups is 1. The van der Waals surface area contributed by atoms with E-state index in [4.69, 9.17) is 24.9 Å². The van der Waals surface area contributed by atoms with E-state index < -0.39 is 14.4 Å². The zero-order valence-corrected chi connectivity index (χ0v) is 41.2. The first-order valence-electron chi connectivity index (χ1n) is 23.5. The second-order valence-electron chi connectivity index (χ2n) is 20.3. The summed E-state index contributed by atoms with van der Waals surface area (Å²) in [6.07, 6.45) is 6.48. The van der Waals surface area contributed by atoms with Crippen LogP contribution in [0.5, 0.6) is 0 Å². The van der Waals surface area contributed by atoms with Crippen molar-refractivity contribution in [2.24, 2.45) is 47.0 Å². The fourth-order valence-corrected chi connectivity index (χ4v) is 10.7. The Kier molecular flexibility index (Phi) is 12.9. The molecule has 358 valence electrons. The number of urea groups is 2. The molecule has 0 spiro atoms. The van der Waals surface area contributed by atoms with Gasteiger partial charge in [0.05, 0.1) is 13.1 Å². The lowest BCUT2D eigenvalue weighted by molar-refractivity contribution is 0.184. The number of rotatable bonds is 10. The molecule has 4 aromatic heterocycles. The van der Waals surface area contributed by atoms with Gasteiger partial charge in [-0.25, -0.2) is 19.6 Å². The van der Waals surface area contributed by atoms with Crippen LogP contribution in [-0.2, 0) is 17.5 Å². The van der Waals surface area contributed by atoms with Crippen LogP contribution >= 0.6 is 0 Å². The van der Waals surface area contributed by atoms with E-state index in [2.05, 4.69) is 89.3 Å². The van der Waals surface area contributed by atoms with E-state index in [0.29, 0.717) is 60.2 Å². The number of nitrogens with zero attached hydrogens (tertiary/aromatic N) is 8. The maximum absolute atomic E-state index is 11.3. The highest BCUT2D eigenvalue weighted by atomic mass is 28.4. The maximum Gasteiger partial charge on any atom is 0.314 e. The van der Waals surface area contributed by atoms with Crippen molar-refractivity contribution < 1.29 is 28.2 Å². The number of aliphatic hydroxyl groups excluding tert-OH is 1. The Bertz CT molecular complexity index is 2920. The molecule has 2 unspecified atom stereocenters. The van der Waals surface area contributed by atoms with Crippen LogP contribution in [0.1, 0.15) is 81.0 Å². The number of piperidine rings is 2. The van der Waals surface area contributed by atoms with Gasteiger partial charge in [0.25, 0.3) is 0 Å². The summed E-state index contributed by atoms with van der Waals surface area (Å²) in [5.74, 6) is 18.7. The summed E-state index contributed by atoms with van der Waals surface area (Å²) in [6.45, 7) is 18.9. The summed E-state index contributed by atoms with van der Waals surface area (Å²) >= 11 is 0. The highest BCUT2D eigenvalue weighted by Crippen LogP contribution is 2.52. The number of fused-ring (bicyclic) bond motifs is 2. The molecule has 4 amide bonds. The molecule has 4 fully saturated rings. The van der Waals surface area contributed by atoms with Gasteiger partial charge in [-0.15, -0.1) is 0 Å². The number of nitrogens with two attached hydrogens (primary N) is 2. The van der Waals surface area contributed by atoms with Crippen LogP contribution in [0.3, 0.4) is 0 Å². The van der Waals surface area contributed by atoms with E-state index in [1.807, 2.05) is 83.8 Å². The van der Waals surface area contributed by atoms with Crippen LogP contribution in [-0.4, -0.2) is 90.9 Å². The standard InChI is InChI=1S/C29H37N5O3Si.C23H23N5O3/c1-19(37-38(5,6)29(2,3)4)27-31-13-14-33(27)16-22-15-26(36-32-22)21-10-7-20(8-11-21)9-12-23-24-17-34(28(30)35)18-25(23)24;1-14(29)22-25-8-9-27(22)11-17-10-21(31-26-17)16-5-2-15(3-6-16)4-7-18-19-12-28(23(24)30)13-20(18)19/h7-8,10-11,13-15,19,23-25H,16-18H2,1-6H3,(H2,30,35);2-3,5-6,8-10,14,18-20,29H,11-13H2,1H3,(H2,24,30)/t19-,23?,24-,25+;14-,18?,19-,20+/m00/s1. The smallest absolute Gasteiger partial charge is 0.314 e. The number of amides is 4. The van der Waals surface area contributed by atoms with E-state index in [1.165, 1.54) is 0 Å². The minimum atomic E-state index is -1.92. The number of primary amides is 2. The quantitative estimate of drug-likeness (QED) is 0.0908. The molecule has 6 aromatic rings. The Morgan fingerprint density at radius 3 is 1.52 bits per heavy atom. The minimum absolute atomic E-state index is 0.108. The third-order valence-electron chi connectivity index (χ3n) is 14.4. The van der Waals surface area contributed by atoms with Gasteiger partial charge >= 0.3 is 12.1 Å². The van der Waals surface area contributed by atoms with Crippen molar-refractivity contribution in [3.05, 3.63) is 120 Å². The molecular weight excluding hydrogens is 889 g/mol. The SMILES string of the molecule is C[C@H](O)c1nccn1Cc1cc(-c2ccc(C#CC3[C@H]4CN(C(N)=O)C[C@@H]34)cc2)on1.C[C@H](O[Si](C)(C)C(C)(C)C)c1nccn1Cc1cc(-c2ccc(C#CC3[C@H]4CN(C(N)=O)C[C@@H]34)cc2)on1. The van der Waals surface area contributed by atoms with E-state index in [0.717, 1.165) is 71.4 Å². The number of likely N-dealkylation sites (tertiary alicyclic amines) is 2. The summed E-state index contributed by atoms with van der Waals surface area (Å²) in [7, 11) is -1.92. The Hall–Kier alpha value is -6.92. The molecule has 8 atom stereocenters. The van der Waals surface area contributed by atoms with Crippen LogP contribution in [0.25, 0.3) is 22.6 Å². The van der Waals surface area contributed by atoms with Crippen LogP contribution in [0.2, 0.25) is 18.1 Å². The first-order chi connectivity index (χ1) is 32.9. The molecule has 0 radical (unpaired) electrons. The number of benzene rings is 2. The van der Waals surface area contributed by atoms with Gasteiger partial charge in [0, 0.05) is 97.2 Å². The second kappa shape index (κ2) is 18.9. The van der Waals surface area contributed by atoms with Gasteiger partial charge < -0.3 is 49.0 Å². The number of carbonyl (C=O) groups excluding carboxylic acids is 2. The molecule has 5 N–H and O–H groups in total. The van der Waals surface area contributed by atoms with Crippen molar-refractivity contribution in [1.82, 2.24) is 39.2 Å². The number of hydrogen-bond donors (Lipinski definition) is 3. The summed E-state index contributed by atoms with van der Waals surface area (Å²) in [5.41, 5.74) is 16.1. The summed E-state index contributed by atoms with van der Waals surface area (Å²) in [6, 6.07) is 19.1. The van der Waals surface area contributed by atoms with Crippen molar-refractivity contribution >= 4 is 20.4 Å². The molecule has 2 aliphatic heterocycles. The van der Waals surface area contributed by atoms with Crippen LogP contribution in [0, 0.1) is 59.2 Å². The van der Waals surface area contributed by atoms with Gasteiger partial charge in [-0.05, 0) is 104 Å². The third kappa shape index (κ3) is 10.4. The molecule has 10 rings (SSSR count). The first kappa shape index (κ1) is 47.2. The second-order valence-corrected chi connectivity index (χ2v) is 25.0. The molecule has 2 saturated heterocycles. The van der Waals surface area contributed by atoms with Crippen LogP contribution in [0.4, 0.5) is 9.59 Å². The zero-order chi connectivity index (χ0) is 48.8. The van der Waals surface area contributed by atoms with Gasteiger partial charge in [-0.3, -0.25) is 0 Å². The van der Waals surface area contributed by atoms with E-state index in [-0.39, 0.29) is 23.2 Å². The molecule has 16 nitrogen and oxygen atoms in total. The fraction of sp³-hybridized carbons (Fsp3) is 0.423. The third-order valence-corrected chi connectivity index (χ3v) is 19.0. The molecule has 69 heavy (non-hydrogen) atoms. The average Bonchev–Trinajstić information content (AvgIpc) is 3.96. The van der Waals surface area contributed by atoms with Crippen molar-refractivity contribution in [3.8, 4) is 46.3 Å². The van der Waals surface area contributed by atoms with Gasteiger partial charge in [-0.2, -0.15) is 0 Å².